The van der Waals surface area contributed by atoms with Gasteiger partial charge in [-0.25, -0.2) is 4.98 Å². The summed E-state index contributed by atoms with van der Waals surface area (Å²) in [6.45, 7) is 2.51. The molecule has 0 fully saturated rings. The highest BCUT2D eigenvalue weighted by atomic mass is 32.1. The molecule has 0 aliphatic heterocycles. The number of nitrogens with one attached hydrogen (secondary N) is 1. The number of amides is 1. The SMILES string of the molecule is CCNC(=O)c1ccc(Oc2nccs2)cc1. The standard InChI is InChI=1S/C12H12N2O2S/c1-2-13-11(15)9-3-5-10(6-4-9)16-12-14-7-8-17-12/h3-8H,2H2,1H3,(H,13,15). The van der Waals surface area contributed by atoms with Crippen molar-refractivity contribution in [3.05, 3.63) is 41.4 Å². The van der Waals surface area contributed by atoms with Gasteiger partial charge in [-0.1, -0.05) is 11.3 Å². The van der Waals surface area contributed by atoms with Crippen molar-refractivity contribution in [1.82, 2.24) is 10.3 Å². The van der Waals surface area contributed by atoms with Crippen LogP contribution in [0.25, 0.3) is 0 Å². The first-order chi connectivity index (χ1) is 8.29. The van der Waals surface area contributed by atoms with Crippen LogP contribution in [0.5, 0.6) is 10.9 Å². The molecular formula is C12H12N2O2S. The van der Waals surface area contributed by atoms with E-state index in [1.54, 1.807) is 30.5 Å². The van der Waals surface area contributed by atoms with Gasteiger partial charge in [-0.3, -0.25) is 4.79 Å². The molecule has 1 heterocycles. The first kappa shape index (κ1) is 11.6. The predicted molar refractivity (Wildman–Crippen MR) is 66.6 cm³/mol. The molecule has 2 rings (SSSR count). The van der Waals surface area contributed by atoms with Crippen molar-refractivity contribution in [2.24, 2.45) is 0 Å². The number of rotatable bonds is 4. The van der Waals surface area contributed by atoms with E-state index in [2.05, 4.69) is 10.3 Å². The van der Waals surface area contributed by atoms with Crippen LogP contribution in [0.15, 0.2) is 35.8 Å². The van der Waals surface area contributed by atoms with Crippen LogP contribution in [0, 0.1) is 0 Å². The van der Waals surface area contributed by atoms with E-state index < -0.39 is 0 Å². The van der Waals surface area contributed by atoms with Gasteiger partial charge in [-0.05, 0) is 31.2 Å². The molecule has 0 spiro atoms. The largest absolute Gasteiger partial charge is 0.431 e. The summed E-state index contributed by atoms with van der Waals surface area (Å²) in [5.74, 6) is 0.598. The van der Waals surface area contributed by atoms with Crippen LogP contribution in [0.2, 0.25) is 0 Å². The van der Waals surface area contributed by atoms with Gasteiger partial charge in [0.2, 0.25) is 0 Å². The molecule has 2 aromatic rings. The van der Waals surface area contributed by atoms with Gasteiger partial charge in [0.25, 0.3) is 11.1 Å². The molecule has 1 N–H and O–H groups in total. The maximum atomic E-state index is 11.5. The number of carbonyl (C=O) groups excluding carboxylic acids is 1. The van der Waals surface area contributed by atoms with Crippen molar-refractivity contribution in [2.75, 3.05) is 6.54 Å². The summed E-state index contributed by atoms with van der Waals surface area (Å²) in [6, 6.07) is 6.97. The van der Waals surface area contributed by atoms with Crippen LogP contribution in [-0.4, -0.2) is 17.4 Å². The Morgan fingerprint density at radius 2 is 2.18 bits per heavy atom. The zero-order valence-electron chi connectivity index (χ0n) is 9.34. The Morgan fingerprint density at radius 1 is 1.41 bits per heavy atom. The highest BCUT2D eigenvalue weighted by molar-refractivity contribution is 7.11. The first-order valence-corrected chi connectivity index (χ1v) is 6.13. The van der Waals surface area contributed by atoms with Crippen LogP contribution >= 0.6 is 11.3 Å². The quantitative estimate of drug-likeness (QED) is 0.905. The summed E-state index contributed by atoms with van der Waals surface area (Å²) in [5.41, 5.74) is 0.623. The second-order valence-electron chi connectivity index (χ2n) is 3.28. The molecule has 0 atom stereocenters. The molecule has 5 heteroatoms. The van der Waals surface area contributed by atoms with Crippen molar-refractivity contribution in [3.63, 3.8) is 0 Å². The van der Waals surface area contributed by atoms with E-state index in [1.165, 1.54) is 11.3 Å². The number of carbonyl (C=O) groups is 1. The summed E-state index contributed by atoms with van der Waals surface area (Å²) >= 11 is 1.42. The topological polar surface area (TPSA) is 51.2 Å². The van der Waals surface area contributed by atoms with Gasteiger partial charge < -0.3 is 10.1 Å². The highest BCUT2D eigenvalue weighted by Crippen LogP contribution is 2.23. The molecule has 0 radical (unpaired) electrons. The third-order valence-corrected chi connectivity index (χ3v) is 2.72. The van der Waals surface area contributed by atoms with E-state index in [1.807, 2.05) is 12.3 Å². The molecule has 0 bridgehead atoms. The summed E-state index contributed by atoms with van der Waals surface area (Å²) in [5, 5.41) is 5.18. The minimum absolute atomic E-state index is 0.0756. The molecule has 0 aliphatic carbocycles. The number of ether oxygens (including phenoxy) is 1. The van der Waals surface area contributed by atoms with Crippen molar-refractivity contribution in [1.29, 1.82) is 0 Å². The van der Waals surface area contributed by atoms with Crippen molar-refractivity contribution >= 4 is 17.2 Å². The fourth-order valence-electron chi connectivity index (χ4n) is 1.30. The highest BCUT2D eigenvalue weighted by Gasteiger charge is 2.04. The van der Waals surface area contributed by atoms with Gasteiger partial charge in [0.15, 0.2) is 0 Å². The smallest absolute Gasteiger partial charge is 0.278 e. The molecule has 0 saturated heterocycles. The fraction of sp³-hybridized carbons (Fsp3) is 0.167. The van der Waals surface area contributed by atoms with Gasteiger partial charge in [0.05, 0.1) is 0 Å². The Bertz CT molecular complexity index is 480. The molecule has 1 aromatic carbocycles. The minimum Gasteiger partial charge on any atom is -0.431 e. The Morgan fingerprint density at radius 3 is 2.76 bits per heavy atom. The molecule has 1 amide bonds. The lowest BCUT2D eigenvalue weighted by Crippen LogP contribution is -2.22. The normalized spacial score (nSPS) is 9.94. The summed E-state index contributed by atoms with van der Waals surface area (Å²) < 4.78 is 5.49. The van der Waals surface area contributed by atoms with Crippen molar-refractivity contribution in [2.45, 2.75) is 6.92 Å². The molecule has 88 valence electrons. The van der Waals surface area contributed by atoms with Gasteiger partial charge in [-0.15, -0.1) is 0 Å². The van der Waals surface area contributed by atoms with E-state index in [-0.39, 0.29) is 5.91 Å². The third kappa shape index (κ3) is 3.04. The predicted octanol–water partition coefficient (Wildman–Crippen LogP) is 2.69. The fourth-order valence-corrected chi connectivity index (χ4v) is 1.80. The van der Waals surface area contributed by atoms with Crippen LogP contribution in [0.4, 0.5) is 0 Å². The molecular weight excluding hydrogens is 236 g/mol. The maximum Gasteiger partial charge on any atom is 0.278 e. The number of nitrogens with zero attached hydrogens (tertiary/aromatic N) is 1. The van der Waals surface area contributed by atoms with E-state index in [4.69, 9.17) is 4.74 Å². The lowest BCUT2D eigenvalue weighted by atomic mass is 10.2. The number of benzene rings is 1. The zero-order chi connectivity index (χ0) is 12.1. The number of thiazole rings is 1. The second-order valence-corrected chi connectivity index (χ2v) is 4.14. The van der Waals surface area contributed by atoms with Crippen LogP contribution < -0.4 is 10.1 Å². The molecule has 0 saturated carbocycles. The minimum atomic E-state index is -0.0756. The van der Waals surface area contributed by atoms with Gasteiger partial charge in [-0.2, -0.15) is 0 Å². The van der Waals surface area contributed by atoms with Crippen LogP contribution in [0.3, 0.4) is 0 Å². The Kier molecular flexibility index (Phi) is 3.72. The van der Waals surface area contributed by atoms with E-state index in [0.29, 0.717) is 23.1 Å². The van der Waals surface area contributed by atoms with Crippen molar-refractivity contribution in [3.8, 4) is 10.9 Å². The van der Waals surface area contributed by atoms with E-state index in [9.17, 15) is 4.79 Å². The lowest BCUT2D eigenvalue weighted by Gasteiger charge is -2.04. The maximum absolute atomic E-state index is 11.5. The molecule has 1 aromatic heterocycles. The van der Waals surface area contributed by atoms with Crippen LogP contribution in [-0.2, 0) is 0 Å². The van der Waals surface area contributed by atoms with E-state index in [0.717, 1.165) is 0 Å². The summed E-state index contributed by atoms with van der Waals surface area (Å²) in [6.07, 6.45) is 1.68. The molecule has 0 aliphatic rings. The second kappa shape index (κ2) is 5.45. The Balaban J connectivity index is 2.05. The molecule has 0 unspecified atom stereocenters. The Hall–Kier alpha value is -1.88. The van der Waals surface area contributed by atoms with Crippen molar-refractivity contribution < 1.29 is 9.53 Å². The average Bonchev–Trinajstić information content (AvgIpc) is 2.83. The van der Waals surface area contributed by atoms with Crippen LogP contribution in [0.1, 0.15) is 17.3 Å². The monoisotopic (exact) mass is 248 g/mol. The lowest BCUT2D eigenvalue weighted by molar-refractivity contribution is 0.0956. The molecule has 17 heavy (non-hydrogen) atoms. The number of aromatic nitrogens is 1. The van der Waals surface area contributed by atoms with Gasteiger partial charge in [0, 0.05) is 23.7 Å². The van der Waals surface area contributed by atoms with Gasteiger partial charge >= 0.3 is 0 Å². The molecule has 4 nitrogen and oxygen atoms in total. The first-order valence-electron chi connectivity index (χ1n) is 5.25. The van der Waals surface area contributed by atoms with Gasteiger partial charge in [0.1, 0.15) is 5.75 Å². The number of hydrogen-bond acceptors (Lipinski definition) is 4. The number of hydrogen-bond donors (Lipinski definition) is 1. The summed E-state index contributed by atoms with van der Waals surface area (Å²) in [7, 11) is 0. The average molecular weight is 248 g/mol. The Labute approximate surface area is 103 Å². The van der Waals surface area contributed by atoms with E-state index >= 15 is 0 Å². The third-order valence-electron chi connectivity index (χ3n) is 2.07. The summed E-state index contributed by atoms with van der Waals surface area (Å²) in [4.78, 5) is 15.5. The zero-order valence-corrected chi connectivity index (χ0v) is 10.2.